The molecule has 1 N–H and O–H groups in total. The first-order chi connectivity index (χ1) is 9.25. The molecule has 1 aliphatic rings. The molecule has 1 aliphatic carbocycles. The lowest BCUT2D eigenvalue weighted by atomic mass is 9.87. The molecular weight excluding hydrogens is 258 g/mol. The van der Waals surface area contributed by atoms with Crippen molar-refractivity contribution in [2.24, 2.45) is 11.3 Å². The van der Waals surface area contributed by atoms with Crippen LogP contribution in [0.15, 0.2) is 0 Å². The zero-order valence-corrected chi connectivity index (χ0v) is 12.3. The fourth-order valence-corrected chi connectivity index (χ4v) is 2.05. The molecule has 0 bridgehead atoms. The van der Waals surface area contributed by atoms with Gasteiger partial charge in [0.25, 0.3) is 0 Å². The molecule has 3 atom stereocenters. The number of aliphatic carboxylic acids is 1. The van der Waals surface area contributed by atoms with Crippen molar-refractivity contribution in [2.75, 3.05) is 0 Å². The number of hydrogen-bond acceptors (Lipinski definition) is 4. The van der Waals surface area contributed by atoms with Crippen LogP contribution in [0.1, 0.15) is 46.5 Å². The number of rotatable bonds is 6. The van der Waals surface area contributed by atoms with Crippen molar-refractivity contribution in [1.82, 2.24) is 5.32 Å². The van der Waals surface area contributed by atoms with E-state index in [4.69, 9.17) is 11.2 Å². The van der Waals surface area contributed by atoms with Crippen LogP contribution < -0.4 is 10.4 Å². The van der Waals surface area contributed by atoms with E-state index in [9.17, 15) is 14.7 Å². The van der Waals surface area contributed by atoms with E-state index in [1.54, 1.807) is 20.8 Å². The first-order valence-electron chi connectivity index (χ1n) is 6.87. The molecule has 0 radical (unpaired) electrons. The van der Waals surface area contributed by atoms with Gasteiger partial charge in [-0.05, 0) is 30.6 Å². The molecule has 1 unspecified atom stereocenters. The normalized spacial score (nSPS) is 22.5. The minimum Gasteiger partial charge on any atom is -0.548 e. The maximum Gasteiger partial charge on any atom is 0.407 e. The van der Waals surface area contributed by atoms with Crippen LogP contribution in [0.5, 0.6) is 0 Å². The molecule has 0 aliphatic heterocycles. The number of carbonyl (C=O) groups excluding carboxylic acids is 2. The maximum atomic E-state index is 11.7. The standard InChI is InChI=1S/C15H23NO4/c1-5-6-7-8-10-9-11(10)20-14(19)16-12(13(17)18)15(2,3)4/h1,10-12H,6-9H2,2-4H3,(H,16,19)(H,17,18)/p-1/t10-,11-,12?/m1/s1. The molecule has 0 aromatic heterocycles. The van der Waals surface area contributed by atoms with Gasteiger partial charge in [-0.1, -0.05) is 20.8 Å². The minimum atomic E-state index is -1.31. The fourth-order valence-electron chi connectivity index (χ4n) is 2.05. The van der Waals surface area contributed by atoms with Gasteiger partial charge >= 0.3 is 6.09 Å². The van der Waals surface area contributed by atoms with Crippen molar-refractivity contribution >= 4 is 12.1 Å². The molecule has 1 saturated carbocycles. The highest BCUT2D eigenvalue weighted by Crippen LogP contribution is 2.38. The van der Waals surface area contributed by atoms with Crippen molar-refractivity contribution in [3.05, 3.63) is 0 Å². The minimum absolute atomic E-state index is 0.116. The molecule has 1 rings (SSSR count). The van der Waals surface area contributed by atoms with Crippen LogP contribution in [0.3, 0.4) is 0 Å². The highest BCUT2D eigenvalue weighted by molar-refractivity contribution is 5.79. The molecule has 5 nitrogen and oxygen atoms in total. The lowest BCUT2D eigenvalue weighted by Crippen LogP contribution is -2.54. The van der Waals surface area contributed by atoms with Crippen LogP contribution in [0.4, 0.5) is 4.79 Å². The summed E-state index contributed by atoms with van der Waals surface area (Å²) in [6, 6.07) is -1.08. The number of nitrogens with one attached hydrogen (secondary N) is 1. The van der Waals surface area contributed by atoms with Gasteiger partial charge in [-0.25, -0.2) is 4.79 Å². The number of terminal acetylenes is 1. The van der Waals surface area contributed by atoms with E-state index < -0.39 is 23.5 Å². The first kappa shape index (κ1) is 16.4. The van der Waals surface area contributed by atoms with Gasteiger partial charge in [0, 0.05) is 6.42 Å². The smallest absolute Gasteiger partial charge is 0.407 e. The molecule has 0 spiro atoms. The highest BCUT2D eigenvalue weighted by atomic mass is 16.6. The summed E-state index contributed by atoms with van der Waals surface area (Å²) in [5, 5.41) is 13.4. The van der Waals surface area contributed by atoms with Crippen molar-refractivity contribution in [1.29, 1.82) is 0 Å². The second-order valence-corrected chi connectivity index (χ2v) is 6.30. The molecule has 0 aromatic carbocycles. The average molecular weight is 280 g/mol. The predicted octanol–water partition coefficient (Wildman–Crippen LogP) is 1.07. The van der Waals surface area contributed by atoms with Gasteiger partial charge < -0.3 is 20.0 Å². The third-order valence-electron chi connectivity index (χ3n) is 3.38. The van der Waals surface area contributed by atoms with Crippen LogP contribution in [-0.2, 0) is 9.53 Å². The van der Waals surface area contributed by atoms with Gasteiger partial charge in [0.15, 0.2) is 0 Å². The summed E-state index contributed by atoms with van der Waals surface area (Å²) < 4.78 is 5.19. The summed E-state index contributed by atoms with van der Waals surface area (Å²) in [4.78, 5) is 22.7. The number of unbranched alkanes of at least 4 members (excludes halogenated alkanes) is 1. The molecule has 0 heterocycles. The third-order valence-corrected chi connectivity index (χ3v) is 3.38. The number of ether oxygens (including phenoxy) is 1. The Hall–Kier alpha value is -1.70. The van der Waals surface area contributed by atoms with Gasteiger partial charge in [0.2, 0.25) is 0 Å². The van der Waals surface area contributed by atoms with Gasteiger partial charge in [-0.2, -0.15) is 0 Å². The Morgan fingerprint density at radius 3 is 2.65 bits per heavy atom. The van der Waals surface area contributed by atoms with Gasteiger partial charge in [-0.15, -0.1) is 12.3 Å². The molecule has 0 saturated heterocycles. The SMILES string of the molecule is C#CCCC[C@@H]1C[C@H]1OC(=O)NC(C(=O)[O-])C(C)(C)C. The van der Waals surface area contributed by atoms with Crippen molar-refractivity contribution < 1.29 is 19.4 Å². The number of amides is 1. The van der Waals surface area contributed by atoms with E-state index >= 15 is 0 Å². The summed E-state index contributed by atoms with van der Waals surface area (Å²) in [6.45, 7) is 5.15. The van der Waals surface area contributed by atoms with E-state index in [-0.39, 0.29) is 6.10 Å². The molecule has 20 heavy (non-hydrogen) atoms. The topological polar surface area (TPSA) is 78.5 Å². The van der Waals surface area contributed by atoms with Crippen LogP contribution >= 0.6 is 0 Å². The first-order valence-corrected chi connectivity index (χ1v) is 6.87. The lowest BCUT2D eigenvalue weighted by molar-refractivity contribution is -0.310. The summed E-state index contributed by atoms with van der Waals surface area (Å²) in [6.07, 6.45) is 7.77. The Balaban J connectivity index is 2.34. The Morgan fingerprint density at radius 1 is 1.50 bits per heavy atom. The van der Waals surface area contributed by atoms with E-state index in [1.807, 2.05) is 0 Å². The Kier molecular flexibility index (Phi) is 5.43. The van der Waals surface area contributed by atoms with Crippen molar-refractivity contribution in [2.45, 2.75) is 58.6 Å². The van der Waals surface area contributed by atoms with Gasteiger partial charge in [0.05, 0.1) is 12.0 Å². The Bertz CT molecular complexity index is 405. The largest absolute Gasteiger partial charge is 0.548 e. The van der Waals surface area contributed by atoms with E-state index in [0.717, 1.165) is 25.7 Å². The number of alkyl carbamates (subject to hydrolysis) is 1. The maximum absolute atomic E-state index is 11.7. The second-order valence-electron chi connectivity index (χ2n) is 6.30. The Labute approximate surface area is 120 Å². The number of carboxylic acids is 1. The molecular formula is C15H22NO4-. The van der Waals surface area contributed by atoms with E-state index in [2.05, 4.69) is 11.2 Å². The summed E-state index contributed by atoms with van der Waals surface area (Å²) >= 11 is 0. The molecule has 1 fully saturated rings. The number of carbonyl (C=O) groups is 2. The second kappa shape index (κ2) is 6.65. The third kappa shape index (κ3) is 5.12. The monoisotopic (exact) mass is 280 g/mol. The van der Waals surface area contributed by atoms with Gasteiger partial charge in [0.1, 0.15) is 6.10 Å². The highest BCUT2D eigenvalue weighted by Gasteiger charge is 2.40. The quantitative estimate of drug-likeness (QED) is 0.583. The number of hydrogen-bond donors (Lipinski definition) is 1. The fraction of sp³-hybridized carbons (Fsp3) is 0.733. The summed E-state index contributed by atoms with van der Waals surface area (Å²) in [5.41, 5.74) is -0.631. The van der Waals surface area contributed by atoms with Crippen LogP contribution in [0.2, 0.25) is 0 Å². The van der Waals surface area contributed by atoms with Crippen LogP contribution in [0, 0.1) is 23.7 Å². The summed E-state index contributed by atoms with van der Waals surface area (Å²) in [7, 11) is 0. The Morgan fingerprint density at radius 2 is 2.15 bits per heavy atom. The number of carboxylic acid groups (broad SMARTS) is 1. The molecule has 112 valence electrons. The average Bonchev–Trinajstić information content (AvgIpc) is 3.03. The zero-order chi connectivity index (χ0) is 15.3. The molecule has 1 amide bonds. The van der Waals surface area contributed by atoms with E-state index in [1.165, 1.54) is 0 Å². The van der Waals surface area contributed by atoms with Gasteiger partial charge in [-0.3, -0.25) is 0 Å². The van der Waals surface area contributed by atoms with E-state index in [0.29, 0.717) is 5.92 Å². The lowest BCUT2D eigenvalue weighted by Gasteiger charge is -2.31. The molecule has 5 heteroatoms. The van der Waals surface area contributed by atoms with Crippen LogP contribution in [0.25, 0.3) is 0 Å². The summed E-state index contributed by atoms with van der Waals surface area (Å²) in [5.74, 6) is 1.61. The predicted molar refractivity (Wildman–Crippen MR) is 72.4 cm³/mol. The van der Waals surface area contributed by atoms with Crippen LogP contribution in [-0.4, -0.2) is 24.2 Å². The zero-order valence-electron chi connectivity index (χ0n) is 12.3. The van der Waals surface area contributed by atoms with Crippen molar-refractivity contribution in [3.8, 4) is 12.3 Å². The van der Waals surface area contributed by atoms with Crippen molar-refractivity contribution in [3.63, 3.8) is 0 Å². The molecule has 0 aromatic rings.